The van der Waals surface area contributed by atoms with E-state index in [1.807, 2.05) is 0 Å². The normalized spacial score (nSPS) is 10.1. The van der Waals surface area contributed by atoms with Gasteiger partial charge in [0.1, 0.15) is 26.4 Å². The van der Waals surface area contributed by atoms with Gasteiger partial charge in [0.2, 0.25) is 10.5 Å². The van der Waals surface area contributed by atoms with E-state index in [0.29, 0.717) is 12.8 Å². The Labute approximate surface area is 183 Å². The van der Waals surface area contributed by atoms with Crippen molar-refractivity contribution in [3.05, 3.63) is 0 Å². The predicted molar refractivity (Wildman–Crippen MR) is 102 cm³/mol. The fourth-order valence-corrected chi connectivity index (χ4v) is 2.04. The molecule has 12 heteroatoms. The Hall–Kier alpha value is -2.20. The summed E-state index contributed by atoms with van der Waals surface area (Å²) in [4.78, 5) is 66.4. The smallest absolute Gasteiger partial charge is 0.306 e. The van der Waals surface area contributed by atoms with Gasteiger partial charge >= 0.3 is 23.9 Å². The van der Waals surface area contributed by atoms with Gasteiger partial charge in [0.25, 0.3) is 0 Å². The Balaban J connectivity index is 3.56. The molecule has 0 aromatic rings. The summed E-state index contributed by atoms with van der Waals surface area (Å²) in [6.07, 6.45) is 0.445. The minimum Gasteiger partial charge on any atom is -0.462 e. The molecule has 0 amide bonds. The maximum atomic E-state index is 11.5. The summed E-state index contributed by atoms with van der Waals surface area (Å²) in [5.74, 6) is -2.23. The first-order valence-corrected chi connectivity index (χ1v) is 9.95. The van der Waals surface area contributed by atoms with Crippen LogP contribution in [0.25, 0.3) is 0 Å². The van der Waals surface area contributed by atoms with E-state index in [2.05, 4.69) is 0 Å². The van der Waals surface area contributed by atoms with Crippen LogP contribution in [-0.4, -0.2) is 60.8 Å². The molecule has 170 valence electrons. The molecule has 0 aliphatic heterocycles. The number of ether oxygens (including phenoxy) is 4. The van der Waals surface area contributed by atoms with Crippen LogP contribution >= 0.6 is 23.2 Å². The highest BCUT2D eigenvalue weighted by Gasteiger charge is 2.09. The fraction of sp³-hybridized carbons (Fsp3) is 0.667. The lowest BCUT2D eigenvalue weighted by Crippen LogP contribution is -2.15. The molecule has 0 rings (SSSR count). The molecule has 0 unspecified atom stereocenters. The molecule has 0 bridgehead atoms. The average molecular weight is 471 g/mol. The summed E-state index contributed by atoms with van der Waals surface area (Å²) in [6, 6.07) is 0. The van der Waals surface area contributed by atoms with Gasteiger partial charge in [-0.15, -0.1) is 0 Å². The molecule has 0 spiro atoms. The summed E-state index contributed by atoms with van der Waals surface area (Å²) in [5, 5.41) is -1.27. The van der Waals surface area contributed by atoms with Crippen molar-refractivity contribution in [1.82, 2.24) is 0 Å². The van der Waals surface area contributed by atoms with E-state index >= 15 is 0 Å². The monoisotopic (exact) mass is 470 g/mol. The zero-order valence-corrected chi connectivity index (χ0v) is 17.8. The lowest BCUT2D eigenvalue weighted by Gasteiger charge is -2.07. The fourth-order valence-electron chi connectivity index (χ4n) is 1.85. The van der Waals surface area contributed by atoms with Crippen molar-refractivity contribution in [2.24, 2.45) is 0 Å². The van der Waals surface area contributed by atoms with Crippen molar-refractivity contribution in [1.29, 1.82) is 0 Å². The minimum atomic E-state index is -0.637. The third-order valence-electron chi connectivity index (χ3n) is 3.28. The maximum Gasteiger partial charge on any atom is 0.306 e. The van der Waals surface area contributed by atoms with Crippen molar-refractivity contribution in [3.63, 3.8) is 0 Å². The molecule has 0 radical (unpaired) electrons. The second-order valence-corrected chi connectivity index (χ2v) is 6.64. The van der Waals surface area contributed by atoms with Gasteiger partial charge < -0.3 is 18.9 Å². The van der Waals surface area contributed by atoms with Crippen molar-refractivity contribution < 1.29 is 47.7 Å². The standard InChI is InChI=1S/C18H24Cl2O10/c19-13(21)5-7-17(25)29-11-9-27-15(23)3-1-2-4-16(24)28-10-12-30-18(26)8-6-14(20)22/h1-12H2. The second-order valence-electron chi connectivity index (χ2n) is 5.80. The Morgan fingerprint density at radius 3 is 0.967 bits per heavy atom. The number of unbranched alkanes of at least 4 members (excludes halogenated alkanes) is 1. The molecule has 0 aromatic carbocycles. The number of carbonyl (C=O) groups excluding carboxylic acids is 6. The van der Waals surface area contributed by atoms with E-state index in [1.54, 1.807) is 0 Å². The van der Waals surface area contributed by atoms with Gasteiger partial charge in [-0.2, -0.15) is 0 Å². The van der Waals surface area contributed by atoms with Crippen LogP contribution in [0, 0.1) is 0 Å². The number of halogens is 2. The van der Waals surface area contributed by atoms with Gasteiger partial charge in [-0.1, -0.05) is 0 Å². The van der Waals surface area contributed by atoms with E-state index in [-0.39, 0.29) is 65.0 Å². The number of carbonyl (C=O) groups is 6. The lowest BCUT2D eigenvalue weighted by molar-refractivity contribution is -0.153. The van der Waals surface area contributed by atoms with E-state index in [0.717, 1.165) is 0 Å². The molecule has 10 nitrogen and oxygen atoms in total. The number of hydrogen-bond donors (Lipinski definition) is 0. The van der Waals surface area contributed by atoms with E-state index < -0.39 is 34.4 Å². The van der Waals surface area contributed by atoms with Gasteiger partial charge in [0.05, 0.1) is 12.8 Å². The van der Waals surface area contributed by atoms with Crippen molar-refractivity contribution in [3.8, 4) is 0 Å². The predicted octanol–water partition coefficient (Wildman–Crippen LogP) is 1.81. The summed E-state index contributed by atoms with van der Waals surface area (Å²) >= 11 is 10.2. The Morgan fingerprint density at radius 2 is 0.700 bits per heavy atom. The third kappa shape index (κ3) is 19.1. The molecule has 0 fully saturated rings. The molecule has 0 aliphatic rings. The quantitative estimate of drug-likeness (QED) is 0.134. The SMILES string of the molecule is O=C(Cl)CCC(=O)OCCOC(=O)CCCCC(=O)OCCOC(=O)CCC(=O)Cl. The Kier molecular flexibility index (Phi) is 16.3. The molecular formula is C18H24Cl2O10. The van der Waals surface area contributed by atoms with Crippen LogP contribution in [0.4, 0.5) is 0 Å². The molecule has 0 atom stereocenters. The number of esters is 4. The van der Waals surface area contributed by atoms with E-state index in [9.17, 15) is 28.8 Å². The van der Waals surface area contributed by atoms with Gasteiger partial charge in [0.15, 0.2) is 0 Å². The first-order chi connectivity index (χ1) is 14.2. The first-order valence-electron chi connectivity index (χ1n) is 9.20. The topological polar surface area (TPSA) is 139 Å². The van der Waals surface area contributed by atoms with Gasteiger partial charge in [-0.3, -0.25) is 28.8 Å². The van der Waals surface area contributed by atoms with Crippen LogP contribution in [0.5, 0.6) is 0 Å². The highest BCUT2D eigenvalue weighted by atomic mass is 35.5. The zero-order valence-electron chi connectivity index (χ0n) is 16.3. The minimum absolute atomic E-state index is 0.0822. The van der Waals surface area contributed by atoms with Gasteiger partial charge in [0, 0.05) is 25.7 Å². The Morgan fingerprint density at radius 1 is 0.433 bits per heavy atom. The van der Waals surface area contributed by atoms with Crippen LogP contribution < -0.4 is 0 Å². The Bertz CT molecular complexity index is 554. The largest absolute Gasteiger partial charge is 0.462 e. The van der Waals surface area contributed by atoms with Crippen molar-refractivity contribution in [2.45, 2.75) is 51.4 Å². The van der Waals surface area contributed by atoms with Crippen LogP contribution in [-0.2, 0) is 47.7 Å². The number of rotatable bonds is 17. The van der Waals surface area contributed by atoms with Gasteiger partial charge in [-0.25, -0.2) is 0 Å². The summed E-state index contributed by atoms with van der Waals surface area (Å²) in [6.45, 7) is -0.474. The highest BCUT2D eigenvalue weighted by Crippen LogP contribution is 2.04. The average Bonchev–Trinajstić information content (AvgIpc) is 2.68. The summed E-state index contributed by atoms with van der Waals surface area (Å²) < 4.78 is 19.2. The highest BCUT2D eigenvalue weighted by molar-refractivity contribution is 6.63. The van der Waals surface area contributed by atoms with Gasteiger partial charge in [-0.05, 0) is 36.0 Å². The molecule has 0 aromatic heterocycles. The molecule has 0 N–H and O–H groups in total. The second kappa shape index (κ2) is 17.6. The van der Waals surface area contributed by atoms with Crippen molar-refractivity contribution in [2.75, 3.05) is 26.4 Å². The van der Waals surface area contributed by atoms with Crippen molar-refractivity contribution >= 4 is 57.6 Å². The maximum absolute atomic E-state index is 11.5. The lowest BCUT2D eigenvalue weighted by atomic mass is 10.2. The van der Waals surface area contributed by atoms with Crippen LogP contribution in [0.2, 0.25) is 0 Å². The molecule has 0 heterocycles. The van der Waals surface area contributed by atoms with Crippen LogP contribution in [0.3, 0.4) is 0 Å². The number of hydrogen-bond acceptors (Lipinski definition) is 10. The van der Waals surface area contributed by atoms with E-state index in [4.69, 9.17) is 42.1 Å². The summed E-state index contributed by atoms with van der Waals surface area (Å²) in [7, 11) is 0. The molecule has 0 saturated carbocycles. The van der Waals surface area contributed by atoms with E-state index in [1.165, 1.54) is 0 Å². The summed E-state index contributed by atoms with van der Waals surface area (Å²) in [5.41, 5.74) is 0. The third-order valence-corrected chi connectivity index (χ3v) is 3.66. The van der Waals surface area contributed by atoms with Crippen LogP contribution in [0.15, 0.2) is 0 Å². The zero-order chi connectivity index (χ0) is 22.8. The molecule has 30 heavy (non-hydrogen) atoms. The van der Waals surface area contributed by atoms with Crippen LogP contribution in [0.1, 0.15) is 51.4 Å². The first kappa shape index (κ1) is 27.8. The molecule has 0 aliphatic carbocycles. The molecular weight excluding hydrogens is 447 g/mol. The molecule has 0 saturated heterocycles.